The van der Waals surface area contributed by atoms with Crippen LogP contribution in [0.15, 0.2) is 56.8 Å². The van der Waals surface area contributed by atoms with Crippen LogP contribution in [-0.4, -0.2) is 19.9 Å². The van der Waals surface area contributed by atoms with Gasteiger partial charge in [0.05, 0.1) is 10.0 Å². The highest BCUT2D eigenvalue weighted by atomic mass is 35.5. The standard InChI is InChI=1S/C19H13Cl2N3O3S/c1-24-18(11-4-2-3-5-13(11)20)22-23-19(24)28-9-10-6-17(26)27-16-8-15(25)14(21)7-12(10)16/h2-8,25H,9H2,1H3. The van der Waals surface area contributed by atoms with Crippen LogP contribution >= 0.6 is 35.0 Å². The van der Waals surface area contributed by atoms with Crippen molar-refractivity contribution in [2.45, 2.75) is 10.9 Å². The maximum Gasteiger partial charge on any atom is 0.336 e. The largest absolute Gasteiger partial charge is 0.506 e. The highest BCUT2D eigenvalue weighted by molar-refractivity contribution is 7.98. The molecule has 4 rings (SSSR count). The van der Waals surface area contributed by atoms with Crippen LogP contribution in [0, 0.1) is 0 Å². The summed E-state index contributed by atoms with van der Waals surface area (Å²) in [7, 11) is 1.85. The third-order valence-electron chi connectivity index (χ3n) is 4.20. The monoisotopic (exact) mass is 433 g/mol. The molecule has 0 aliphatic heterocycles. The van der Waals surface area contributed by atoms with Crippen molar-refractivity contribution in [2.24, 2.45) is 7.05 Å². The first kappa shape index (κ1) is 18.9. The molecule has 9 heteroatoms. The van der Waals surface area contributed by atoms with Crippen molar-refractivity contribution >= 4 is 45.9 Å². The number of hydrogen-bond acceptors (Lipinski definition) is 6. The molecular formula is C19H13Cl2N3O3S. The number of nitrogens with zero attached hydrogens (tertiary/aromatic N) is 3. The molecule has 0 bridgehead atoms. The van der Waals surface area contributed by atoms with Gasteiger partial charge in [-0.1, -0.05) is 47.1 Å². The lowest BCUT2D eigenvalue weighted by Crippen LogP contribution is -2.01. The first-order chi connectivity index (χ1) is 13.4. The number of benzene rings is 2. The molecule has 28 heavy (non-hydrogen) atoms. The van der Waals surface area contributed by atoms with Gasteiger partial charge in [0.1, 0.15) is 11.3 Å². The summed E-state index contributed by atoms with van der Waals surface area (Å²) in [6.07, 6.45) is 0. The van der Waals surface area contributed by atoms with E-state index in [1.54, 1.807) is 12.1 Å². The van der Waals surface area contributed by atoms with Gasteiger partial charge in [0.2, 0.25) is 0 Å². The van der Waals surface area contributed by atoms with Gasteiger partial charge >= 0.3 is 5.63 Å². The summed E-state index contributed by atoms with van der Waals surface area (Å²) in [5, 5.41) is 20.3. The summed E-state index contributed by atoms with van der Waals surface area (Å²) >= 11 is 13.7. The fraction of sp³-hybridized carbons (Fsp3) is 0.105. The number of aromatic hydroxyl groups is 1. The maximum atomic E-state index is 11.9. The number of phenolic OH excluding ortho intramolecular Hbond substituents is 1. The zero-order valence-corrected chi connectivity index (χ0v) is 16.8. The minimum absolute atomic E-state index is 0.139. The Morgan fingerprint density at radius 3 is 2.71 bits per heavy atom. The Morgan fingerprint density at radius 1 is 1.14 bits per heavy atom. The average molecular weight is 434 g/mol. The number of fused-ring (bicyclic) bond motifs is 1. The summed E-state index contributed by atoms with van der Waals surface area (Å²) < 4.78 is 7.00. The van der Waals surface area contributed by atoms with Gasteiger partial charge in [-0.05, 0) is 23.8 Å². The molecule has 0 atom stereocenters. The maximum absolute atomic E-state index is 11.9. The molecule has 0 unspecified atom stereocenters. The number of aromatic nitrogens is 3. The van der Waals surface area contributed by atoms with E-state index in [2.05, 4.69) is 10.2 Å². The van der Waals surface area contributed by atoms with Crippen molar-refractivity contribution in [3.05, 3.63) is 68.5 Å². The second-order valence-corrected chi connectivity index (χ2v) is 7.78. The van der Waals surface area contributed by atoms with E-state index in [0.29, 0.717) is 27.1 Å². The van der Waals surface area contributed by atoms with Crippen LogP contribution in [0.2, 0.25) is 10.0 Å². The Hall–Kier alpha value is -2.48. The topological polar surface area (TPSA) is 81.2 Å². The molecule has 142 valence electrons. The highest BCUT2D eigenvalue weighted by Crippen LogP contribution is 2.33. The number of phenols is 1. The Morgan fingerprint density at radius 2 is 1.93 bits per heavy atom. The second-order valence-electron chi connectivity index (χ2n) is 6.02. The van der Waals surface area contributed by atoms with E-state index >= 15 is 0 Å². The summed E-state index contributed by atoms with van der Waals surface area (Å²) in [6, 6.07) is 11.7. The SMILES string of the molecule is Cn1c(SCc2cc(=O)oc3cc(O)c(Cl)cc23)nnc1-c1ccccc1Cl. The van der Waals surface area contributed by atoms with E-state index in [1.165, 1.54) is 23.9 Å². The summed E-state index contributed by atoms with van der Waals surface area (Å²) in [5.74, 6) is 0.954. The number of thioether (sulfide) groups is 1. The lowest BCUT2D eigenvalue weighted by Gasteiger charge is -2.07. The van der Waals surface area contributed by atoms with E-state index < -0.39 is 5.63 Å². The summed E-state index contributed by atoms with van der Waals surface area (Å²) in [5.41, 5.74) is 1.29. The number of rotatable bonds is 4. The fourth-order valence-electron chi connectivity index (χ4n) is 2.82. The molecule has 6 nitrogen and oxygen atoms in total. The zero-order valence-electron chi connectivity index (χ0n) is 14.5. The van der Waals surface area contributed by atoms with Gasteiger partial charge < -0.3 is 14.1 Å². The van der Waals surface area contributed by atoms with Crippen molar-refractivity contribution in [2.75, 3.05) is 0 Å². The van der Waals surface area contributed by atoms with Gasteiger partial charge in [0.25, 0.3) is 0 Å². The Labute approximate surface area is 173 Å². The fourth-order valence-corrected chi connectivity index (χ4v) is 4.10. The normalized spacial score (nSPS) is 11.2. The van der Waals surface area contributed by atoms with E-state index in [-0.39, 0.29) is 16.4 Å². The van der Waals surface area contributed by atoms with Crippen LogP contribution in [0.5, 0.6) is 5.75 Å². The number of halogens is 2. The lowest BCUT2D eigenvalue weighted by molar-refractivity contribution is 0.473. The van der Waals surface area contributed by atoms with Crippen molar-refractivity contribution in [3.63, 3.8) is 0 Å². The van der Waals surface area contributed by atoms with Crippen LogP contribution in [-0.2, 0) is 12.8 Å². The molecule has 0 aliphatic rings. The van der Waals surface area contributed by atoms with Crippen LogP contribution in [0.25, 0.3) is 22.4 Å². The zero-order chi connectivity index (χ0) is 19.8. The van der Waals surface area contributed by atoms with Crippen molar-refractivity contribution < 1.29 is 9.52 Å². The molecule has 0 amide bonds. The molecule has 0 saturated carbocycles. The predicted molar refractivity (Wildman–Crippen MR) is 110 cm³/mol. The third kappa shape index (κ3) is 3.48. The van der Waals surface area contributed by atoms with Crippen LogP contribution in [0.1, 0.15) is 5.56 Å². The highest BCUT2D eigenvalue weighted by Gasteiger charge is 2.15. The van der Waals surface area contributed by atoms with Crippen LogP contribution < -0.4 is 5.63 Å². The predicted octanol–water partition coefficient (Wildman–Crippen LogP) is 4.89. The van der Waals surface area contributed by atoms with Crippen molar-refractivity contribution in [1.82, 2.24) is 14.8 Å². The smallest absolute Gasteiger partial charge is 0.336 e. The van der Waals surface area contributed by atoms with Gasteiger partial charge in [-0.2, -0.15) is 0 Å². The Kier molecular flexibility index (Phi) is 5.05. The Bertz CT molecular complexity index is 1250. The van der Waals surface area contributed by atoms with Gasteiger partial charge in [-0.3, -0.25) is 0 Å². The van der Waals surface area contributed by atoms with Gasteiger partial charge in [-0.15, -0.1) is 10.2 Å². The van der Waals surface area contributed by atoms with Gasteiger partial charge in [0, 0.05) is 35.9 Å². The van der Waals surface area contributed by atoms with Crippen molar-refractivity contribution in [3.8, 4) is 17.1 Å². The van der Waals surface area contributed by atoms with Crippen molar-refractivity contribution in [1.29, 1.82) is 0 Å². The van der Waals surface area contributed by atoms with E-state index in [4.69, 9.17) is 27.6 Å². The quantitative estimate of drug-likeness (QED) is 0.364. The lowest BCUT2D eigenvalue weighted by atomic mass is 10.1. The summed E-state index contributed by atoms with van der Waals surface area (Å²) in [6.45, 7) is 0. The molecule has 1 N–H and O–H groups in total. The first-order valence-electron chi connectivity index (χ1n) is 8.16. The molecule has 4 aromatic rings. The molecule has 0 saturated heterocycles. The molecule has 0 fully saturated rings. The van der Waals surface area contributed by atoms with Crippen LogP contribution in [0.4, 0.5) is 0 Å². The molecule has 2 aromatic heterocycles. The molecule has 2 aromatic carbocycles. The first-order valence-corrected chi connectivity index (χ1v) is 9.90. The van der Waals surface area contributed by atoms with E-state index in [9.17, 15) is 9.90 Å². The average Bonchev–Trinajstić information content (AvgIpc) is 3.02. The third-order valence-corrected chi connectivity index (χ3v) is 5.91. The van der Waals surface area contributed by atoms with E-state index in [0.717, 1.165) is 11.1 Å². The molecule has 2 heterocycles. The van der Waals surface area contributed by atoms with Gasteiger partial charge in [-0.25, -0.2) is 4.79 Å². The minimum Gasteiger partial charge on any atom is -0.506 e. The molecule has 0 radical (unpaired) electrons. The van der Waals surface area contributed by atoms with Crippen LogP contribution in [0.3, 0.4) is 0 Å². The van der Waals surface area contributed by atoms with E-state index in [1.807, 2.05) is 29.8 Å². The molecular weight excluding hydrogens is 421 g/mol. The minimum atomic E-state index is -0.500. The Balaban J connectivity index is 1.67. The summed E-state index contributed by atoms with van der Waals surface area (Å²) in [4.78, 5) is 11.9. The second kappa shape index (κ2) is 7.50. The molecule has 0 spiro atoms. The van der Waals surface area contributed by atoms with Gasteiger partial charge in [0.15, 0.2) is 11.0 Å². The molecule has 0 aliphatic carbocycles. The number of hydrogen-bond donors (Lipinski definition) is 1.